The summed E-state index contributed by atoms with van der Waals surface area (Å²) < 4.78 is 1.66. The van der Waals surface area contributed by atoms with Crippen molar-refractivity contribution in [2.75, 3.05) is 0 Å². The van der Waals surface area contributed by atoms with E-state index < -0.39 is 0 Å². The average Bonchev–Trinajstić information content (AvgIpc) is 2.78. The molecule has 6 heteroatoms. The predicted molar refractivity (Wildman–Crippen MR) is 67.6 cm³/mol. The van der Waals surface area contributed by atoms with Crippen molar-refractivity contribution in [3.05, 3.63) is 40.7 Å². The second-order valence-corrected chi connectivity index (χ2v) is 4.36. The molecule has 0 aliphatic carbocycles. The van der Waals surface area contributed by atoms with Crippen molar-refractivity contribution in [3.8, 4) is 0 Å². The van der Waals surface area contributed by atoms with Gasteiger partial charge in [0.05, 0.1) is 6.42 Å². The molecule has 0 amide bonds. The maximum Gasteiger partial charge on any atom is 0.170 e. The number of carbonyl (C=O) groups excluding carboxylic acids is 1. The lowest BCUT2D eigenvalue weighted by Crippen LogP contribution is -2.11. The third-order valence-corrected chi connectivity index (χ3v) is 2.78. The van der Waals surface area contributed by atoms with Gasteiger partial charge < -0.3 is 0 Å². The van der Waals surface area contributed by atoms with E-state index in [1.165, 1.54) is 0 Å². The molecule has 0 saturated carbocycles. The summed E-state index contributed by atoms with van der Waals surface area (Å²) in [6.45, 7) is 2.75. The van der Waals surface area contributed by atoms with Crippen LogP contribution in [-0.4, -0.2) is 26.0 Å². The third kappa shape index (κ3) is 2.92. The van der Waals surface area contributed by atoms with Crippen LogP contribution in [0.25, 0.3) is 0 Å². The predicted octanol–water partition coefficient (Wildman–Crippen LogP) is 2.16. The first-order chi connectivity index (χ1) is 8.70. The summed E-state index contributed by atoms with van der Waals surface area (Å²) in [6, 6.07) is 6.81. The van der Waals surface area contributed by atoms with Gasteiger partial charge in [0.2, 0.25) is 0 Å². The highest BCUT2D eigenvalue weighted by molar-refractivity contribution is 6.30. The Hall–Kier alpha value is -1.75. The number of hydrogen-bond donors (Lipinski definition) is 0. The van der Waals surface area contributed by atoms with E-state index in [1.54, 1.807) is 28.9 Å². The van der Waals surface area contributed by atoms with Gasteiger partial charge in [-0.05, 0) is 41.1 Å². The van der Waals surface area contributed by atoms with Crippen molar-refractivity contribution >= 4 is 17.4 Å². The number of rotatable bonds is 5. The van der Waals surface area contributed by atoms with Crippen LogP contribution in [0.5, 0.6) is 0 Å². The minimum atomic E-state index is -0.0150. The minimum absolute atomic E-state index is 0.0150. The number of Topliss-reactive ketones (excluding diaryl/α,β-unsaturated/α-hetero) is 1. The maximum atomic E-state index is 12.0. The molecule has 0 atom stereocenters. The van der Waals surface area contributed by atoms with Crippen LogP contribution in [0, 0.1) is 0 Å². The van der Waals surface area contributed by atoms with Gasteiger partial charge in [0.25, 0.3) is 0 Å². The van der Waals surface area contributed by atoms with Crippen LogP contribution < -0.4 is 0 Å². The summed E-state index contributed by atoms with van der Waals surface area (Å²) in [6.07, 6.45) is 1.13. The van der Waals surface area contributed by atoms with Crippen molar-refractivity contribution in [3.63, 3.8) is 0 Å². The van der Waals surface area contributed by atoms with Crippen molar-refractivity contribution in [1.82, 2.24) is 20.2 Å². The fourth-order valence-electron chi connectivity index (χ4n) is 1.62. The Morgan fingerprint density at radius 1 is 1.33 bits per heavy atom. The van der Waals surface area contributed by atoms with Gasteiger partial charge in [-0.3, -0.25) is 4.79 Å². The van der Waals surface area contributed by atoms with Gasteiger partial charge in [-0.15, -0.1) is 5.10 Å². The van der Waals surface area contributed by atoms with E-state index in [0.29, 0.717) is 16.4 Å². The van der Waals surface area contributed by atoms with Crippen molar-refractivity contribution in [2.24, 2.45) is 0 Å². The Labute approximate surface area is 110 Å². The van der Waals surface area contributed by atoms with Crippen LogP contribution in [0.2, 0.25) is 5.02 Å². The summed E-state index contributed by atoms with van der Waals surface area (Å²) in [7, 11) is 0. The average molecular weight is 265 g/mol. The van der Waals surface area contributed by atoms with Gasteiger partial charge in [-0.2, -0.15) is 0 Å². The summed E-state index contributed by atoms with van der Waals surface area (Å²) in [5, 5.41) is 11.9. The molecule has 0 N–H and O–H groups in total. The second kappa shape index (κ2) is 5.73. The minimum Gasteiger partial charge on any atom is -0.294 e. The summed E-state index contributed by atoms with van der Waals surface area (Å²) in [5.74, 6) is 0.579. The molecule has 0 aliphatic rings. The lowest BCUT2D eigenvalue weighted by atomic mass is 10.1. The molecular formula is C12H13ClN4O. The van der Waals surface area contributed by atoms with Crippen LogP contribution in [0.15, 0.2) is 24.3 Å². The van der Waals surface area contributed by atoms with Crippen LogP contribution in [-0.2, 0) is 13.0 Å². The summed E-state index contributed by atoms with van der Waals surface area (Å²) in [4.78, 5) is 12.0. The molecule has 2 aromatic rings. The number of benzene rings is 1. The number of halogens is 1. The summed E-state index contributed by atoms with van der Waals surface area (Å²) >= 11 is 5.78. The largest absolute Gasteiger partial charge is 0.294 e. The van der Waals surface area contributed by atoms with Crippen LogP contribution in [0.3, 0.4) is 0 Å². The molecule has 0 radical (unpaired) electrons. The molecule has 0 spiro atoms. The number of aromatic nitrogens is 4. The van der Waals surface area contributed by atoms with Crippen molar-refractivity contribution in [2.45, 2.75) is 26.3 Å². The van der Waals surface area contributed by atoms with E-state index in [-0.39, 0.29) is 12.2 Å². The Balaban J connectivity index is 2.11. The molecule has 0 unspecified atom stereocenters. The normalized spacial score (nSPS) is 10.6. The fraction of sp³-hybridized carbons (Fsp3) is 0.333. The molecule has 5 nitrogen and oxygen atoms in total. The second-order valence-electron chi connectivity index (χ2n) is 3.93. The van der Waals surface area contributed by atoms with Gasteiger partial charge in [0.1, 0.15) is 0 Å². The zero-order valence-corrected chi connectivity index (χ0v) is 10.8. The maximum absolute atomic E-state index is 12.0. The monoisotopic (exact) mass is 264 g/mol. The molecule has 18 heavy (non-hydrogen) atoms. The lowest BCUT2D eigenvalue weighted by Gasteiger charge is -2.02. The highest BCUT2D eigenvalue weighted by Crippen LogP contribution is 2.11. The van der Waals surface area contributed by atoms with E-state index in [2.05, 4.69) is 15.5 Å². The molecule has 0 bridgehead atoms. The van der Waals surface area contributed by atoms with Gasteiger partial charge >= 0.3 is 0 Å². The quantitative estimate of drug-likeness (QED) is 0.777. The smallest absolute Gasteiger partial charge is 0.170 e. The topological polar surface area (TPSA) is 60.7 Å². The molecule has 0 saturated heterocycles. The lowest BCUT2D eigenvalue weighted by molar-refractivity contribution is 0.0989. The van der Waals surface area contributed by atoms with Gasteiger partial charge in [-0.1, -0.05) is 18.5 Å². The fourth-order valence-corrected chi connectivity index (χ4v) is 1.74. The number of hydrogen-bond acceptors (Lipinski definition) is 4. The Kier molecular flexibility index (Phi) is 4.04. The highest BCUT2D eigenvalue weighted by Gasteiger charge is 2.12. The number of carbonyl (C=O) groups is 1. The Morgan fingerprint density at radius 2 is 2.06 bits per heavy atom. The molecule has 0 aliphatic heterocycles. The zero-order chi connectivity index (χ0) is 13.0. The first-order valence-corrected chi connectivity index (χ1v) is 6.12. The third-order valence-electron chi connectivity index (χ3n) is 2.53. The number of nitrogens with zero attached hydrogens (tertiary/aromatic N) is 4. The molecule has 1 heterocycles. The van der Waals surface area contributed by atoms with E-state index >= 15 is 0 Å². The number of aryl methyl sites for hydroxylation is 1. The molecule has 1 aromatic carbocycles. The van der Waals surface area contributed by atoms with Crippen molar-refractivity contribution in [1.29, 1.82) is 0 Å². The van der Waals surface area contributed by atoms with E-state index in [0.717, 1.165) is 13.0 Å². The van der Waals surface area contributed by atoms with Gasteiger partial charge in [0.15, 0.2) is 11.6 Å². The Bertz CT molecular complexity index is 535. The first-order valence-electron chi connectivity index (χ1n) is 5.74. The SMILES string of the molecule is CCCn1nnnc1CC(=O)c1ccc(Cl)cc1. The molecule has 94 valence electrons. The molecule has 0 fully saturated rings. The number of ketones is 1. The Morgan fingerprint density at radius 3 is 2.72 bits per heavy atom. The van der Waals surface area contributed by atoms with Crippen LogP contribution in [0.4, 0.5) is 0 Å². The summed E-state index contributed by atoms with van der Waals surface area (Å²) in [5.41, 5.74) is 0.616. The first kappa shape index (κ1) is 12.7. The molecule has 1 aromatic heterocycles. The van der Waals surface area contributed by atoms with E-state index in [1.807, 2.05) is 6.92 Å². The standard InChI is InChI=1S/C12H13ClN4O/c1-2-7-17-12(14-15-16-17)8-11(18)9-3-5-10(13)6-4-9/h3-6H,2,7-8H2,1H3. The van der Waals surface area contributed by atoms with E-state index in [4.69, 9.17) is 11.6 Å². The van der Waals surface area contributed by atoms with Gasteiger partial charge in [0, 0.05) is 17.1 Å². The molecular weight excluding hydrogens is 252 g/mol. The number of tetrazole rings is 1. The molecule has 2 rings (SSSR count). The highest BCUT2D eigenvalue weighted by atomic mass is 35.5. The van der Waals surface area contributed by atoms with Crippen LogP contribution in [0.1, 0.15) is 29.5 Å². The van der Waals surface area contributed by atoms with E-state index in [9.17, 15) is 4.79 Å². The zero-order valence-electron chi connectivity index (χ0n) is 10.0. The van der Waals surface area contributed by atoms with Crippen LogP contribution >= 0.6 is 11.6 Å². The van der Waals surface area contributed by atoms with Gasteiger partial charge in [-0.25, -0.2) is 4.68 Å². The van der Waals surface area contributed by atoms with Crippen molar-refractivity contribution < 1.29 is 4.79 Å².